The number of alkyl halides is 1. The van der Waals surface area contributed by atoms with Crippen molar-refractivity contribution < 1.29 is 4.74 Å². The van der Waals surface area contributed by atoms with Crippen molar-refractivity contribution in [2.45, 2.75) is 58.5 Å². The Kier molecular flexibility index (Phi) is 10.5. The van der Waals surface area contributed by atoms with Crippen molar-refractivity contribution in [1.82, 2.24) is 0 Å². The molecule has 0 aromatic carbocycles. The second-order valence-electron chi connectivity index (χ2n) is 3.57. The lowest BCUT2D eigenvalue weighted by Gasteiger charge is -2.11. The molecule has 0 rings (SSSR count). The third kappa shape index (κ3) is 10.2. The van der Waals surface area contributed by atoms with Crippen LogP contribution in [0.5, 0.6) is 0 Å². The van der Waals surface area contributed by atoms with Gasteiger partial charge in [-0.05, 0) is 19.8 Å². The number of ether oxygens (including phenoxy) is 1. The van der Waals surface area contributed by atoms with Crippen LogP contribution in [0.2, 0.25) is 0 Å². The molecule has 1 atom stereocenters. The number of unbranched alkanes of at least 4 members (excludes halogenated alkanes) is 3. The molecule has 2 heteroatoms. The summed E-state index contributed by atoms with van der Waals surface area (Å²) in [5.41, 5.74) is 0. The van der Waals surface area contributed by atoms with Crippen molar-refractivity contribution in [3.8, 4) is 0 Å². The van der Waals surface area contributed by atoms with Crippen LogP contribution in [-0.2, 0) is 4.74 Å². The molecule has 0 heterocycles. The van der Waals surface area contributed by atoms with Crippen LogP contribution in [0.25, 0.3) is 0 Å². The predicted octanol–water partition coefficient (Wildman–Crippen LogP) is 3.99. The summed E-state index contributed by atoms with van der Waals surface area (Å²) >= 11 is 5.55. The van der Waals surface area contributed by atoms with E-state index < -0.39 is 0 Å². The van der Waals surface area contributed by atoms with Gasteiger partial charge in [-0.1, -0.05) is 32.6 Å². The van der Waals surface area contributed by atoms with Crippen molar-refractivity contribution in [3.05, 3.63) is 0 Å². The Bertz CT molecular complexity index is 96.1. The standard InChI is InChI=1S/C11H23ClO/c1-3-4-5-6-8-11(2)13-10-7-9-12/h11H,3-10H2,1-2H3. The topological polar surface area (TPSA) is 9.23 Å². The summed E-state index contributed by atoms with van der Waals surface area (Å²) in [6.45, 7) is 5.21. The average Bonchev–Trinajstić information content (AvgIpc) is 2.13. The first-order valence-electron chi connectivity index (χ1n) is 5.48. The molecule has 0 radical (unpaired) electrons. The normalized spacial score (nSPS) is 13.2. The van der Waals surface area contributed by atoms with E-state index in [-0.39, 0.29) is 0 Å². The van der Waals surface area contributed by atoms with Crippen molar-refractivity contribution in [3.63, 3.8) is 0 Å². The minimum Gasteiger partial charge on any atom is -0.378 e. The Morgan fingerprint density at radius 3 is 2.54 bits per heavy atom. The highest BCUT2D eigenvalue weighted by molar-refractivity contribution is 6.17. The zero-order chi connectivity index (χ0) is 9.94. The van der Waals surface area contributed by atoms with E-state index in [0.29, 0.717) is 12.0 Å². The zero-order valence-corrected chi connectivity index (χ0v) is 9.78. The Morgan fingerprint density at radius 2 is 1.92 bits per heavy atom. The van der Waals surface area contributed by atoms with E-state index in [4.69, 9.17) is 16.3 Å². The molecule has 1 unspecified atom stereocenters. The molecule has 0 aliphatic heterocycles. The van der Waals surface area contributed by atoms with E-state index >= 15 is 0 Å². The van der Waals surface area contributed by atoms with E-state index in [1.165, 1.54) is 32.1 Å². The second-order valence-corrected chi connectivity index (χ2v) is 3.95. The van der Waals surface area contributed by atoms with E-state index in [1.807, 2.05) is 0 Å². The van der Waals surface area contributed by atoms with Crippen LogP contribution in [0, 0.1) is 0 Å². The maximum Gasteiger partial charge on any atom is 0.0547 e. The van der Waals surface area contributed by atoms with Crippen LogP contribution in [0.15, 0.2) is 0 Å². The Morgan fingerprint density at radius 1 is 1.15 bits per heavy atom. The quantitative estimate of drug-likeness (QED) is 0.410. The summed E-state index contributed by atoms with van der Waals surface area (Å²) in [6, 6.07) is 0. The van der Waals surface area contributed by atoms with Gasteiger partial charge in [-0.25, -0.2) is 0 Å². The maximum absolute atomic E-state index is 5.58. The van der Waals surface area contributed by atoms with Gasteiger partial charge in [0.2, 0.25) is 0 Å². The van der Waals surface area contributed by atoms with Crippen molar-refractivity contribution in [2.24, 2.45) is 0 Å². The molecule has 0 bridgehead atoms. The molecule has 1 nitrogen and oxygen atoms in total. The second kappa shape index (κ2) is 10.3. The van der Waals surface area contributed by atoms with Gasteiger partial charge in [-0.3, -0.25) is 0 Å². The minimum atomic E-state index is 0.417. The fraction of sp³-hybridized carbons (Fsp3) is 1.00. The average molecular weight is 207 g/mol. The monoisotopic (exact) mass is 206 g/mol. The van der Waals surface area contributed by atoms with Crippen molar-refractivity contribution in [2.75, 3.05) is 12.5 Å². The third-order valence-electron chi connectivity index (χ3n) is 2.14. The lowest BCUT2D eigenvalue weighted by atomic mass is 10.1. The SMILES string of the molecule is CCCCCCC(C)OCCCCl. The lowest BCUT2D eigenvalue weighted by molar-refractivity contribution is 0.0593. The number of rotatable bonds is 9. The largest absolute Gasteiger partial charge is 0.378 e. The van der Waals surface area contributed by atoms with Gasteiger partial charge < -0.3 is 4.74 Å². The molecular formula is C11H23ClO. The van der Waals surface area contributed by atoms with Gasteiger partial charge in [0.25, 0.3) is 0 Å². The Hall–Kier alpha value is 0.250. The molecule has 0 aliphatic carbocycles. The highest BCUT2D eigenvalue weighted by Crippen LogP contribution is 2.07. The summed E-state index contributed by atoms with van der Waals surface area (Å²) in [6.07, 6.45) is 7.90. The van der Waals surface area contributed by atoms with Gasteiger partial charge in [-0.15, -0.1) is 11.6 Å². The fourth-order valence-electron chi connectivity index (χ4n) is 1.28. The van der Waals surface area contributed by atoms with Crippen molar-refractivity contribution >= 4 is 11.6 Å². The first-order chi connectivity index (χ1) is 6.31. The van der Waals surface area contributed by atoms with E-state index in [0.717, 1.165) is 13.0 Å². The fourth-order valence-corrected chi connectivity index (χ4v) is 1.39. The molecule has 0 amide bonds. The van der Waals surface area contributed by atoms with E-state index in [9.17, 15) is 0 Å². The molecule has 0 spiro atoms. The van der Waals surface area contributed by atoms with Crippen LogP contribution < -0.4 is 0 Å². The Labute approximate surface area is 87.8 Å². The van der Waals surface area contributed by atoms with Crippen LogP contribution in [0.4, 0.5) is 0 Å². The number of hydrogen-bond acceptors (Lipinski definition) is 1. The Balaban J connectivity index is 3.05. The van der Waals surface area contributed by atoms with Crippen LogP contribution >= 0.6 is 11.6 Å². The van der Waals surface area contributed by atoms with Gasteiger partial charge in [-0.2, -0.15) is 0 Å². The van der Waals surface area contributed by atoms with E-state index in [1.54, 1.807) is 0 Å². The highest BCUT2D eigenvalue weighted by Gasteiger charge is 2.00. The summed E-state index contributed by atoms with van der Waals surface area (Å²) < 4.78 is 5.58. The first kappa shape index (κ1) is 13.2. The smallest absolute Gasteiger partial charge is 0.0547 e. The molecule has 13 heavy (non-hydrogen) atoms. The van der Waals surface area contributed by atoms with Crippen LogP contribution in [0.3, 0.4) is 0 Å². The summed E-state index contributed by atoms with van der Waals surface area (Å²) in [7, 11) is 0. The number of hydrogen-bond donors (Lipinski definition) is 0. The maximum atomic E-state index is 5.58. The summed E-state index contributed by atoms with van der Waals surface area (Å²) in [5.74, 6) is 0.711. The molecule has 0 saturated carbocycles. The van der Waals surface area contributed by atoms with Gasteiger partial charge in [0.15, 0.2) is 0 Å². The van der Waals surface area contributed by atoms with Crippen molar-refractivity contribution in [1.29, 1.82) is 0 Å². The van der Waals surface area contributed by atoms with Gasteiger partial charge in [0.1, 0.15) is 0 Å². The zero-order valence-electron chi connectivity index (χ0n) is 9.02. The lowest BCUT2D eigenvalue weighted by Crippen LogP contribution is -2.09. The third-order valence-corrected chi connectivity index (χ3v) is 2.41. The molecule has 0 aromatic heterocycles. The summed E-state index contributed by atoms with van der Waals surface area (Å²) in [5, 5.41) is 0. The molecule has 0 aliphatic rings. The van der Waals surface area contributed by atoms with Crippen LogP contribution in [-0.4, -0.2) is 18.6 Å². The summed E-state index contributed by atoms with van der Waals surface area (Å²) in [4.78, 5) is 0. The van der Waals surface area contributed by atoms with Crippen LogP contribution in [0.1, 0.15) is 52.4 Å². The van der Waals surface area contributed by atoms with Gasteiger partial charge in [0, 0.05) is 12.5 Å². The molecule has 0 fully saturated rings. The van der Waals surface area contributed by atoms with E-state index in [2.05, 4.69) is 13.8 Å². The molecule has 0 N–H and O–H groups in total. The first-order valence-corrected chi connectivity index (χ1v) is 6.02. The minimum absolute atomic E-state index is 0.417. The van der Waals surface area contributed by atoms with Gasteiger partial charge in [0.05, 0.1) is 6.10 Å². The molecule has 80 valence electrons. The molecular weight excluding hydrogens is 184 g/mol. The van der Waals surface area contributed by atoms with Gasteiger partial charge >= 0.3 is 0 Å². The number of halogens is 1. The molecule has 0 aromatic rings. The molecule has 0 saturated heterocycles. The predicted molar refractivity (Wildman–Crippen MR) is 59.5 cm³/mol. The highest BCUT2D eigenvalue weighted by atomic mass is 35.5.